The predicted octanol–water partition coefficient (Wildman–Crippen LogP) is 1.40. The summed E-state index contributed by atoms with van der Waals surface area (Å²) < 4.78 is 0.810. The third kappa shape index (κ3) is 2.64. The van der Waals surface area contributed by atoms with Gasteiger partial charge >= 0.3 is 0 Å². The molecule has 0 radical (unpaired) electrons. The van der Waals surface area contributed by atoms with Crippen molar-refractivity contribution >= 4 is 0 Å². The molecule has 1 N–H and O–H groups in total. The van der Waals surface area contributed by atoms with Gasteiger partial charge in [0.15, 0.2) is 0 Å². The fraction of sp³-hybridized carbons (Fsp3) is 0.400. The summed E-state index contributed by atoms with van der Waals surface area (Å²) >= 11 is 0. The Morgan fingerprint density at radius 3 is 2.25 bits per heavy atom. The highest BCUT2D eigenvalue weighted by Gasteiger charge is 2.11. The number of quaternary nitrogens is 1. The molecule has 0 atom stereocenters. The van der Waals surface area contributed by atoms with Gasteiger partial charge in [-0.3, -0.25) is 0 Å². The van der Waals surface area contributed by atoms with E-state index in [1.165, 1.54) is 5.56 Å². The zero-order valence-corrected chi connectivity index (χ0v) is 8.04. The highest BCUT2D eigenvalue weighted by Crippen LogP contribution is 2.04. The predicted molar refractivity (Wildman–Crippen MR) is 51.3 cm³/mol. The second-order valence-corrected chi connectivity index (χ2v) is 3.55. The number of benzene rings is 1. The van der Waals surface area contributed by atoms with E-state index in [2.05, 4.69) is 43.8 Å². The molecule has 66 valence electrons. The van der Waals surface area contributed by atoms with Gasteiger partial charge in [-0.25, -0.2) is 4.59 Å². The van der Waals surface area contributed by atoms with Gasteiger partial charge in [0.1, 0.15) is 6.54 Å². The van der Waals surface area contributed by atoms with E-state index in [0.717, 1.165) is 11.1 Å². The van der Waals surface area contributed by atoms with Crippen molar-refractivity contribution in [1.29, 1.82) is 0 Å². The Hall–Kier alpha value is -0.860. The summed E-state index contributed by atoms with van der Waals surface area (Å²) in [6.07, 6.45) is 0. The van der Waals surface area contributed by atoms with E-state index in [0.29, 0.717) is 0 Å². The SMILES string of the molecule is CN[N+](C)(C)Cc1ccccc1. The molecule has 1 rings (SSSR count). The van der Waals surface area contributed by atoms with Crippen molar-refractivity contribution in [1.82, 2.24) is 5.43 Å². The average Bonchev–Trinajstić information content (AvgIpc) is 2.06. The minimum atomic E-state index is 0.810. The second-order valence-electron chi connectivity index (χ2n) is 3.55. The first-order valence-corrected chi connectivity index (χ1v) is 4.20. The van der Waals surface area contributed by atoms with Crippen LogP contribution in [0.2, 0.25) is 0 Å². The lowest BCUT2D eigenvalue weighted by atomic mass is 10.2. The van der Waals surface area contributed by atoms with Gasteiger partial charge in [0, 0.05) is 12.6 Å². The summed E-state index contributed by atoms with van der Waals surface area (Å²) in [7, 11) is 6.27. The van der Waals surface area contributed by atoms with Crippen LogP contribution in [0.15, 0.2) is 30.3 Å². The molecule has 0 aliphatic carbocycles. The minimum absolute atomic E-state index is 0.810. The molecule has 0 amide bonds. The van der Waals surface area contributed by atoms with Crippen molar-refractivity contribution in [2.45, 2.75) is 6.54 Å². The van der Waals surface area contributed by atoms with Crippen molar-refractivity contribution in [2.24, 2.45) is 0 Å². The van der Waals surface area contributed by atoms with Crippen LogP contribution in [0.1, 0.15) is 5.56 Å². The largest absolute Gasteiger partial charge is 0.247 e. The smallest absolute Gasteiger partial charge is 0.121 e. The quantitative estimate of drug-likeness (QED) is 0.527. The first kappa shape index (κ1) is 9.23. The van der Waals surface area contributed by atoms with Crippen LogP contribution in [0.25, 0.3) is 0 Å². The fourth-order valence-electron chi connectivity index (χ4n) is 1.12. The summed E-state index contributed by atoms with van der Waals surface area (Å²) in [5.41, 5.74) is 4.59. The van der Waals surface area contributed by atoms with Crippen LogP contribution < -0.4 is 5.43 Å². The maximum absolute atomic E-state index is 3.23. The molecule has 2 heteroatoms. The molecule has 0 unspecified atom stereocenters. The molecular weight excluding hydrogens is 148 g/mol. The van der Waals surface area contributed by atoms with E-state index in [1.54, 1.807) is 0 Å². The highest BCUT2D eigenvalue weighted by atomic mass is 15.6. The summed E-state index contributed by atoms with van der Waals surface area (Å²) in [4.78, 5) is 0. The number of hydrogen-bond donors (Lipinski definition) is 1. The van der Waals surface area contributed by atoms with Crippen LogP contribution in [-0.2, 0) is 6.54 Å². The number of nitrogens with zero attached hydrogens (tertiary/aromatic N) is 1. The fourth-order valence-corrected chi connectivity index (χ4v) is 1.12. The topological polar surface area (TPSA) is 12.0 Å². The van der Waals surface area contributed by atoms with E-state index >= 15 is 0 Å². The zero-order chi connectivity index (χ0) is 9.03. The average molecular weight is 165 g/mol. The van der Waals surface area contributed by atoms with Gasteiger partial charge in [0.2, 0.25) is 0 Å². The Labute approximate surface area is 74.4 Å². The van der Waals surface area contributed by atoms with E-state index in [1.807, 2.05) is 13.1 Å². The second kappa shape index (κ2) is 3.70. The van der Waals surface area contributed by atoms with Crippen LogP contribution in [0.5, 0.6) is 0 Å². The maximum atomic E-state index is 3.23. The van der Waals surface area contributed by atoms with Crippen molar-refractivity contribution in [2.75, 3.05) is 21.1 Å². The molecule has 0 aliphatic heterocycles. The highest BCUT2D eigenvalue weighted by molar-refractivity contribution is 5.13. The Morgan fingerprint density at radius 2 is 1.75 bits per heavy atom. The molecule has 2 nitrogen and oxygen atoms in total. The lowest BCUT2D eigenvalue weighted by Crippen LogP contribution is -2.48. The molecule has 0 fully saturated rings. The van der Waals surface area contributed by atoms with E-state index in [-0.39, 0.29) is 0 Å². The first-order chi connectivity index (χ1) is 5.64. The molecule has 1 aromatic carbocycles. The molecule has 0 heterocycles. The monoisotopic (exact) mass is 165 g/mol. The van der Waals surface area contributed by atoms with Gasteiger partial charge in [0.25, 0.3) is 0 Å². The van der Waals surface area contributed by atoms with Gasteiger partial charge in [-0.15, -0.1) is 0 Å². The van der Waals surface area contributed by atoms with Crippen molar-refractivity contribution in [3.05, 3.63) is 35.9 Å². The standard InChI is InChI=1S/C10H17N2/c1-11-12(2,3)9-10-7-5-4-6-8-10/h4-8,11H,9H2,1-3H3/q+1. The van der Waals surface area contributed by atoms with Gasteiger partial charge in [-0.2, -0.15) is 5.43 Å². The first-order valence-electron chi connectivity index (χ1n) is 4.20. The van der Waals surface area contributed by atoms with Crippen LogP contribution in [-0.4, -0.2) is 25.7 Å². The number of hydrogen-bond acceptors (Lipinski definition) is 1. The van der Waals surface area contributed by atoms with Gasteiger partial charge in [0.05, 0.1) is 14.1 Å². The molecule has 0 saturated carbocycles. The summed E-state index contributed by atoms with van der Waals surface area (Å²) in [6, 6.07) is 10.5. The third-order valence-electron chi connectivity index (χ3n) is 2.03. The van der Waals surface area contributed by atoms with Gasteiger partial charge < -0.3 is 0 Å². The van der Waals surface area contributed by atoms with E-state index < -0.39 is 0 Å². The molecular formula is C10H17N2+. The van der Waals surface area contributed by atoms with Crippen LogP contribution in [0.4, 0.5) is 0 Å². The summed E-state index contributed by atoms with van der Waals surface area (Å²) in [5.74, 6) is 0. The Morgan fingerprint density at radius 1 is 1.17 bits per heavy atom. The zero-order valence-electron chi connectivity index (χ0n) is 8.04. The Bertz CT molecular complexity index is 229. The molecule has 0 aromatic heterocycles. The molecule has 0 bridgehead atoms. The number of nitrogens with one attached hydrogen (secondary N) is 1. The normalized spacial score (nSPS) is 11.6. The summed E-state index contributed by atoms with van der Waals surface area (Å²) in [5, 5.41) is 0. The van der Waals surface area contributed by atoms with Gasteiger partial charge in [-0.1, -0.05) is 30.3 Å². The van der Waals surface area contributed by atoms with E-state index in [4.69, 9.17) is 0 Å². The van der Waals surface area contributed by atoms with E-state index in [9.17, 15) is 0 Å². The Kier molecular flexibility index (Phi) is 2.84. The molecule has 1 aromatic rings. The van der Waals surface area contributed by atoms with Crippen molar-refractivity contribution in [3.8, 4) is 0 Å². The van der Waals surface area contributed by atoms with Crippen LogP contribution in [0.3, 0.4) is 0 Å². The summed E-state index contributed by atoms with van der Waals surface area (Å²) in [6.45, 7) is 1.01. The van der Waals surface area contributed by atoms with Crippen LogP contribution >= 0.6 is 0 Å². The Balaban J connectivity index is 2.64. The molecule has 0 saturated heterocycles. The van der Waals surface area contributed by atoms with Crippen molar-refractivity contribution in [3.63, 3.8) is 0 Å². The third-order valence-corrected chi connectivity index (χ3v) is 2.03. The molecule has 12 heavy (non-hydrogen) atoms. The van der Waals surface area contributed by atoms with Crippen LogP contribution in [0, 0.1) is 0 Å². The lowest BCUT2D eigenvalue weighted by molar-refractivity contribution is -0.944. The molecule has 0 aliphatic rings. The maximum Gasteiger partial charge on any atom is 0.121 e. The van der Waals surface area contributed by atoms with Gasteiger partial charge in [-0.05, 0) is 0 Å². The minimum Gasteiger partial charge on any atom is -0.247 e. The molecule has 0 spiro atoms. The number of rotatable bonds is 3. The van der Waals surface area contributed by atoms with Crippen molar-refractivity contribution < 1.29 is 4.59 Å². The lowest BCUT2D eigenvalue weighted by Gasteiger charge is -2.27.